The Morgan fingerprint density at radius 1 is 1.13 bits per heavy atom. The van der Waals surface area contributed by atoms with E-state index in [1.807, 2.05) is 36.4 Å². The van der Waals surface area contributed by atoms with E-state index >= 15 is 0 Å². The number of pyridine rings is 1. The Labute approximate surface area is 97.5 Å². The Bertz CT molecular complexity index is 456. The van der Waals surface area contributed by atoms with E-state index in [0.717, 1.165) is 15.6 Å². The Hall–Kier alpha value is -1.19. The Kier molecular flexibility index (Phi) is 3.14. The predicted molar refractivity (Wildman–Crippen MR) is 64.2 cm³/mol. The van der Waals surface area contributed by atoms with Gasteiger partial charge in [0.05, 0.1) is 5.02 Å². The van der Waals surface area contributed by atoms with Crippen LogP contribution in [0, 0.1) is 0 Å². The molecule has 2 rings (SSSR count). The smallest absolute Gasteiger partial charge is 0.119 e. The molecule has 76 valence electrons. The molecule has 0 amide bonds. The number of hydrogen-bond acceptors (Lipinski definition) is 3. The van der Waals surface area contributed by atoms with Crippen molar-refractivity contribution in [1.29, 1.82) is 0 Å². The molecule has 2 nitrogen and oxygen atoms in total. The first-order chi connectivity index (χ1) is 7.25. The van der Waals surface area contributed by atoms with Gasteiger partial charge in [0.1, 0.15) is 5.03 Å². The van der Waals surface area contributed by atoms with E-state index in [9.17, 15) is 0 Å². The Balaban J connectivity index is 2.22. The van der Waals surface area contributed by atoms with Crippen molar-refractivity contribution in [3.63, 3.8) is 0 Å². The first-order valence-electron chi connectivity index (χ1n) is 4.39. The van der Waals surface area contributed by atoms with Crippen LogP contribution in [-0.4, -0.2) is 4.98 Å². The van der Waals surface area contributed by atoms with Crippen molar-refractivity contribution >= 4 is 29.1 Å². The molecule has 2 aromatic rings. The lowest BCUT2D eigenvalue weighted by atomic mass is 10.3. The maximum Gasteiger partial charge on any atom is 0.119 e. The summed E-state index contributed by atoms with van der Waals surface area (Å²) in [6.07, 6.45) is 1.73. The molecule has 0 unspecified atom stereocenters. The molecule has 2 N–H and O–H groups in total. The molecule has 1 aromatic heterocycles. The summed E-state index contributed by atoms with van der Waals surface area (Å²) in [7, 11) is 0. The van der Waals surface area contributed by atoms with Crippen LogP contribution >= 0.6 is 23.4 Å². The van der Waals surface area contributed by atoms with Crippen molar-refractivity contribution in [3.8, 4) is 0 Å². The second-order valence-corrected chi connectivity index (χ2v) is 4.43. The summed E-state index contributed by atoms with van der Waals surface area (Å²) in [6, 6.07) is 11.3. The fraction of sp³-hybridized carbons (Fsp3) is 0. The van der Waals surface area contributed by atoms with Gasteiger partial charge in [-0.05, 0) is 36.4 Å². The highest BCUT2D eigenvalue weighted by Gasteiger charge is 2.02. The average Bonchev–Trinajstić information content (AvgIpc) is 2.25. The number of rotatable bonds is 2. The minimum atomic E-state index is 0.666. The summed E-state index contributed by atoms with van der Waals surface area (Å²) in [5, 5.41) is 1.48. The summed E-state index contributed by atoms with van der Waals surface area (Å²) in [6.45, 7) is 0. The maximum atomic E-state index is 6.00. The lowest BCUT2D eigenvalue weighted by Crippen LogP contribution is -1.84. The van der Waals surface area contributed by atoms with Crippen molar-refractivity contribution in [2.45, 2.75) is 9.92 Å². The third-order valence-corrected chi connectivity index (χ3v) is 3.26. The fourth-order valence-electron chi connectivity index (χ4n) is 1.09. The lowest BCUT2D eigenvalue weighted by molar-refractivity contribution is 1.13. The molecular weight excluding hydrogens is 228 g/mol. The highest BCUT2D eigenvalue weighted by Crippen LogP contribution is 2.31. The quantitative estimate of drug-likeness (QED) is 0.812. The van der Waals surface area contributed by atoms with E-state index in [1.54, 1.807) is 6.20 Å². The van der Waals surface area contributed by atoms with Gasteiger partial charge < -0.3 is 5.73 Å². The highest BCUT2D eigenvalue weighted by atomic mass is 35.5. The van der Waals surface area contributed by atoms with E-state index in [2.05, 4.69) is 4.98 Å². The molecule has 0 bridgehead atoms. The summed E-state index contributed by atoms with van der Waals surface area (Å²) < 4.78 is 0. The van der Waals surface area contributed by atoms with Crippen LogP contribution in [0.4, 0.5) is 5.69 Å². The van der Waals surface area contributed by atoms with Crippen molar-refractivity contribution in [2.24, 2.45) is 0 Å². The largest absolute Gasteiger partial charge is 0.399 e. The summed E-state index contributed by atoms with van der Waals surface area (Å²) >= 11 is 7.52. The van der Waals surface area contributed by atoms with E-state index < -0.39 is 0 Å². The number of aromatic nitrogens is 1. The monoisotopic (exact) mass is 236 g/mol. The van der Waals surface area contributed by atoms with Crippen LogP contribution in [0.15, 0.2) is 52.5 Å². The van der Waals surface area contributed by atoms with Gasteiger partial charge in [0.25, 0.3) is 0 Å². The topological polar surface area (TPSA) is 38.9 Å². The molecule has 15 heavy (non-hydrogen) atoms. The molecule has 0 fully saturated rings. The van der Waals surface area contributed by atoms with Crippen LogP contribution in [0.1, 0.15) is 0 Å². The normalized spacial score (nSPS) is 10.2. The molecule has 0 radical (unpaired) electrons. The van der Waals surface area contributed by atoms with Crippen molar-refractivity contribution in [1.82, 2.24) is 4.98 Å². The minimum Gasteiger partial charge on any atom is -0.399 e. The number of nitrogens with zero attached hydrogens (tertiary/aromatic N) is 1. The van der Waals surface area contributed by atoms with Crippen LogP contribution in [0.5, 0.6) is 0 Å². The first kappa shape index (κ1) is 10.3. The molecule has 4 heteroatoms. The SMILES string of the molecule is Nc1ccc(Sc2ncccc2Cl)cc1. The Morgan fingerprint density at radius 3 is 2.53 bits per heavy atom. The second-order valence-electron chi connectivity index (χ2n) is 2.96. The molecule has 0 aliphatic carbocycles. The molecule has 1 aromatic carbocycles. The number of anilines is 1. The number of halogens is 1. The van der Waals surface area contributed by atoms with Gasteiger partial charge in [0.15, 0.2) is 0 Å². The molecule has 0 aliphatic heterocycles. The predicted octanol–water partition coefficient (Wildman–Crippen LogP) is 3.47. The van der Waals surface area contributed by atoms with Gasteiger partial charge in [-0.3, -0.25) is 0 Å². The minimum absolute atomic E-state index is 0.666. The zero-order valence-electron chi connectivity index (χ0n) is 7.85. The number of nitrogens with two attached hydrogens (primary N) is 1. The van der Waals surface area contributed by atoms with Crippen molar-refractivity contribution < 1.29 is 0 Å². The van der Waals surface area contributed by atoms with E-state index in [4.69, 9.17) is 17.3 Å². The van der Waals surface area contributed by atoms with Gasteiger partial charge >= 0.3 is 0 Å². The van der Waals surface area contributed by atoms with Crippen molar-refractivity contribution in [3.05, 3.63) is 47.6 Å². The Morgan fingerprint density at radius 2 is 1.87 bits per heavy atom. The highest BCUT2D eigenvalue weighted by molar-refractivity contribution is 7.99. The lowest BCUT2D eigenvalue weighted by Gasteiger charge is -2.02. The second kappa shape index (κ2) is 4.55. The van der Waals surface area contributed by atoms with Gasteiger partial charge in [0, 0.05) is 16.8 Å². The van der Waals surface area contributed by atoms with E-state index in [-0.39, 0.29) is 0 Å². The van der Waals surface area contributed by atoms with Gasteiger partial charge in [-0.15, -0.1) is 0 Å². The van der Waals surface area contributed by atoms with Crippen LogP contribution < -0.4 is 5.73 Å². The van der Waals surface area contributed by atoms with Gasteiger partial charge in [-0.2, -0.15) is 0 Å². The number of nitrogen functional groups attached to an aromatic ring is 1. The summed E-state index contributed by atoms with van der Waals surface area (Å²) in [4.78, 5) is 5.27. The molecule has 0 aliphatic rings. The average molecular weight is 237 g/mol. The van der Waals surface area contributed by atoms with Crippen LogP contribution in [0.25, 0.3) is 0 Å². The molecule has 0 saturated carbocycles. The van der Waals surface area contributed by atoms with Crippen LogP contribution in [0.3, 0.4) is 0 Å². The van der Waals surface area contributed by atoms with Crippen LogP contribution in [-0.2, 0) is 0 Å². The van der Waals surface area contributed by atoms with E-state index in [0.29, 0.717) is 5.02 Å². The number of hydrogen-bond donors (Lipinski definition) is 1. The summed E-state index contributed by atoms with van der Waals surface area (Å²) in [5.74, 6) is 0. The van der Waals surface area contributed by atoms with Crippen molar-refractivity contribution in [2.75, 3.05) is 5.73 Å². The maximum absolute atomic E-state index is 6.00. The van der Waals surface area contributed by atoms with Gasteiger partial charge in [0.2, 0.25) is 0 Å². The zero-order valence-corrected chi connectivity index (χ0v) is 9.42. The van der Waals surface area contributed by atoms with Crippen LogP contribution in [0.2, 0.25) is 5.02 Å². The molecule has 0 spiro atoms. The molecular formula is C11H9ClN2S. The molecule has 0 atom stereocenters. The van der Waals surface area contributed by atoms with Gasteiger partial charge in [-0.1, -0.05) is 23.4 Å². The molecule has 1 heterocycles. The zero-order chi connectivity index (χ0) is 10.7. The fourth-order valence-corrected chi connectivity index (χ4v) is 2.11. The third kappa shape index (κ3) is 2.64. The van der Waals surface area contributed by atoms with Gasteiger partial charge in [-0.25, -0.2) is 4.98 Å². The van der Waals surface area contributed by atoms with E-state index in [1.165, 1.54) is 11.8 Å². The standard InChI is InChI=1S/C11H9ClN2S/c12-10-2-1-7-14-11(10)15-9-5-3-8(13)4-6-9/h1-7H,13H2. The molecule has 0 saturated heterocycles. The number of benzene rings is 1. The third-order valence-electron chi connectivity index (χ3n) is 1.82. The summed E-state index contributed by atoms with van der Waals surface area (Å²) in [5.41, 5.74) is 6.35. The first-order valence-corrected chi connectivity index (χ1v) is 5.59.